The number of rotatable bonds is 9. The Bertz CT molecular complexity index is 142. The summed E-state index contributed by atoms with van der Waals surface area (Å²) in [4.78, 5) is 0. The third kappa shape index (κ3) is 10.3. The van der Waals surface area contributed by atoms with Gasteiger partial charge in [-0.05, 0) is 41.5 Å². The lowest BCUT2D eigenvalue weighted by Gasteiger charge is -2.18. The van der Waals surface area contributed by atoms with Gasteiger partial charge < -0.3 is 0 Å². The van der Waals surface area contributed by atoms with Gasteiger partial charge in [-0.2, -0.15) is 0 Å². The first-order valence-corrected chi connectivity index (χ1v) is 5.65. The Balaban J connectivity index is 3.85. The quantitative estimate of drug-likeness (QED) is 0.403. The van der Waals surface area contributed by atoms with E-state index in [0.717, 1.165) is 0 Å². The lowest BCUT2D eigenvalue weighted by atomic mass is 10.2. The van der Waals surface area contributed by atoms with Crippen molar-refractivity contribution in [2.45, 2.75) is 59.7 Å². The van der Waals surface area contributed by atoms with E-state index in [9.17, 15) is 0 Å². The van der Waals surface area contributed by atoms with Crippen molar-refractivity contribution in [1.29, 1.82) is 0 Å². The highest BCUT2D eigenvalue weighted by atomic mass is 16.9. The Morgan fingerprint density at radius 1 is 0.625 bits per heavy atom. The zero-order chi connectivity index (χ0) is 12.6. The van der Waals surface area contributed by atoms with Gasteiger partial charge in [0.15, 0.2) is 0 Å². The highest BCUT2D eigenvalue weighted by Crippen LogP contribution is 1.90. The Hall–Kier alpha value is -0.175. The molecule has 0 aliphatic carbocycles. The Morgan fingerprint density at radius 3 is 1.06 bits per heavy atom. The average Bonchev–Trinajstić information content (AvgIpc) is 2.15. The van der Waals surface area contributed by atoms with Gasteiger partial charge in [0.1, 0.15) is 0 Å². The Labute approximate surface area is 98.4 Å². The standard InChI is InChI=1S/C9H24BN3O3/c1-7(2)11-14-10(15-12-8(3)4)16-13-9(5)6/h7-9,11-13H,1-6H3. The first kappa shape index (κ1) is 15.8. The van der Waals surface area contributed by atoms with E-state index in [1.54, 1.807) is 0 Å². The van der Waals surface area contributed by atoms with Crippen molar-refractivity contribution in [2.24, 2.45) is 0 Å². The van der Waals surface area contributed by atoms with Crippen LogP contribution in [0, 0.1) is 0 Å². The van der Waals surface area contributed by atoms with Crippen molar-refractivity contribution >= 4 is 7.32 Å². The summed E-state index contributed by atoms with van der Waals surface area (Å²) in [6.07, 6.45) is 0. The summed E-state index contributed by atoms with van der Waals surface area (Å²) in [6.45, 7) is 11.8. The fourth-order valence-electron chi connectivity index (χ4n) is 0.647. The minimum absolute atomic E-state index is 0.188. The molecule has 0 amide bonds. The van der Waals surface area contributed by atoms with Crippen LogP contribution < -0.4 is 16.4 Å². The molecule has 0 aliphatic rings. The van der Waals surface area contributed by atoms with Crippen LogP contribution in [-0.2, 0) is 14.3 Å². The van der Waals surface area contributed by atoms with Gasteiger partial charge in [0.2, 0.25) is 0 Å². The van der Waals surface area contributed by atoms with Crippen molar-refractivity contribution in [3.63, 3.8) is 0 Å². The fourth-order valence-corrected chi connectivity index (χ4v) is 0.647. The molecule has 0 spiro atoms. The zero-order valence-electron chi connectivity index (χ0n) is 11.0. The van der Waals surface area contributed by atoms with Gasteiger partial charge in [-0.3, -0.25) is 14.3 Å². The molecule has 0 saturated carbocycles. The predicted molar refractivity (Wildman–Crippen MR) is 63.8 cm³/mol. The second-order valence-electron chi connectivity index (χ2n) is 4.46. The molecule has 0 atom stereocenters. The molecule has 0 heterocycles. The molecule has 0 radical (unpaired) electrons. The van der Waals surface area contributed by atoms with Crippen molar-refractivity contribution in [3.05, 3.63) is 0 Å². The lowest BCUT2D eigenvalue weighted by Crippen LogP contribution is -2.45. The van der Waals surface area contributed by atoms with Crippen LogP contribution >= 0.6 is 0 Å². The molecule has 7 heteroatoms. The van der Waals surface area contributed by atoms with E-state index >= 15 is 0 Å². The molecule has 0 aromatic rings. The maximum absolute atomic E-state index is 5.18. The van der Waals surface area contributed by atoms with E-state index in [0.29, 0.717) is 0 Å². The molecule has 0 unspecified atom stereocenters. The Morgan fingerprint density at radius 2 is 0.875 bits per heavy atom. The highest BCUT2D eigenvalue weighted by molar-refractivity contribution is 6.35. The van der Waals surface area contributed by atoms with Crippen molar-refractivity contribution < 1.29 is 14.3 Å². The van der Waals surface area contributed by atoms with Crippen LogP contribution in [0.4, 0.5) is 0 Å². The second-order valence-corrected chi connectivity index (χ2v) is 4.46. The maximum Gasteiger partial charge on any atom is 0.692 e. The first-order valence-electron chi connectivity index (χ1n) is 5.65. The number of hydroxylamine groups is 3. The third-order valence-electron chi connectivity index (χ3n) is 1.20. The van der Waals surface area contributed by atoms with Gasteiger partial charge in [-0.1, -0.05) is 0 Å². The van der Waals surface area contributed by atoms with Gasteiger partial charge in [-0.25, -0.2) is 16.4 Å². The third-order valence-corrected chi connectivity index (χ3v) is 1.20. The van der Waals surface area contributed by atoms with Crippen LogP contribution in [0.5, 0.6) is 0 Å². The molecule has 6 nitrogen and oxygen atoms in total. The molecule has 96 valence electrons. The first-order chi connectivity index (χ1) is 7.41. The molecular weight excluding hydrogens is 209 g/mol. The second kappa shape index (κ2) is 8.92. The summed E-state index contributed by atoms with van der Waals surface area (Å²) in [6, 6.07) is 0.563. The molecule has 0 bridgehead atoms. The molecule has 0 saturated heterocycles. The molecule has 0 aromatic carbocycles. The molecule has 16 heavy (non-hydrogen) atoms. The molecule has 0 aromatic heterocycles. The number of nitrogens with one attached hydrogen (secondary N) is 3. The average molecular weight is 233 g/mol. The van der Waals surface area contributed by atoms with Crippen LogP contribution in [0.15, 0.2) is 0 Å². The van der Waals surface area contributed by atoms with Gasteiger partial charge in [-0.15, -0.1) is 0 Å². The van der Waals surface area contributed by atoms with E-state index in [1.807, 2.05) is 41.5 Å². The number of hydrogen-bond donors (Lipinski definition) is 3. The van der Waals surface area contributed by atoms with Gasteiger partial charge in [0.05, 0.1) is 0 Å². The summed E-state index contributed by atoms with van der Waals surface area (Å²) >= 11 is 0. The SMILES string of the molecule is CC(C)NOB(ONC(C)C)ONC(C)C. The van der Waals surface area contributed by atoms with Crippen LogP contribution in [0.25, 0.3) is 0 Å². The van der Waals surface area contributed by atoms with Crippen molar-refractivity contribution in [1.82, 2.24) is 16.4 Å². The van der Waals surface area contributed by atoms with E-state index < -0.39 is 7.32 Å². The summed E-state index contributed by atoms with van der Waals surface area (Å²) in [7, 11) is -0.841. The van der Waals surface area contributed by atoms with Gasteiger partial charge in [0, 0.05) is 18.1 Å². The largest absolute Gasteiger partial charge is 0.692 e. The summed E-state index contributed by atoms with van der Waals surface area (Å²) in [5.74, 6) is 0. The van der Waals surface area contributed by atoms with Crippen LogP contribution in [-0.4, -0.2) is 25.4 Å². The monoisotopic (exact) mass is 233 g/mol. The van der Waals surface area contributed by atoms with Crippen molar-refractivity contribution in [3.8, 4) is 0 Å². The normalized spacial score (nSPS) is 11.8. The lowest BCUT2D eigenvalue weighted by molar-refractivity contribution is -0.0248. The summed E-state index contributed by atoms with van der Waals surface area (Å²) in [5.41, 5.74) is 8.29. The van der Waals surface area contributed by atoms with E-state index in [-0.39, 0.29) is 18.1 Å². The van der Waals surface area contributed by atoms with E-state index in [2.05, 4.69) is 16.4 Å². The molecule has 0 rings (SSSR count). The van der Waals surface area contributed by atoms with Crippen LogP contribution in [0.2, 0.25) is 0 Å². The number of hydrogen-bond acceptors (Lipinski definition) is 6. The maximum atomic E-state index is 5.18. The topological polar surface area (TPSA) is 63.8 Å². The molecule has 0 aliphatic heterocycles. The van der Waals surface area contributed by atoms with Crippen molar-refractivity contribution in [2.75, 3.05) is 0 Å². The predicted octanol–water partition coefficient (Wildman–Crippen LogP) is 0.760. The smallest absolute Gasteiger partial charge is 0.298 e. The minimum atomic E-state index is -0.841. The van der Waals surface area contributed by atoms with Crippen LogP contribution in [0.3, 0.4) is 0 Å². The molecule has 0 fully saturated rings. The van der Waals surface area contributed by atoms with Crippen LogP contribution in [0.1, 0.15) is 41.5 Å². The molecular formula is C9H24BN3O3. The molecule has 3 N–H and O–H groups in total. The Kier molecular flexibility index (Phi) is 8.82. The van der Waals surface area contributed by atoms with Gasteiger partial charge >= 0.3 is 7.32 Å². The fraction of sp³-hybridized carbons (Fsp3) is 1.00. The zero-order valence-corrected chi connectivity index (χ0v) is 11.0. The van der Waals surface area contributed by atoms with Gasteiger partial charge in [0.25, 0.3) is 0 Å². The van der Waals surface area contributed by atoms with E-state index in [4.69, 9.17) is 14.3 Å². The summed E-state index contributed by atoms with van der Waals surface area (Å²) < 4.78 is 15.6. The van der Waals surface area contributed by atoms with E-state index in [1.165, 1.54) is 0 Å². The highest BCUT2D eigenvalue weighted by Gasteiger charge is 2.24. The summed E-state index contributed by atoms with van der Waals surface area (Å²) in [5, 5.41) is 0. The minimum Gasteiger partial charge on any atom is -0.298 e.